The molecule has 2 aromatic heterocycles. The molecule has 1 aromatic carbocycles. The summed E-state index contributed by atoms with van der Waals surface area (Å²) in [6.07, 6.45) is 3.79. The van der Waals surface area contributed by atoms with Crippen LogP contribution in [0.1, 0.15) is 17.4 Å². The summed E-state index contributed by atoms with van der Waals surface area (Å²) in [6.45, 7) is 1.12. The van der Waals surface area contributed by atoms with E-state index in [9.17, 15) is 5.11 Å². The third kappa shape index (κ3) is 2.36. The van der Waals surface area contributed by atoms with Crippen LogP contribution in [-0.2, 0) is 6.42 Å². The number of ether oxygens (including phenoxy) is 2. The zero-order valence-electron chi connectivity index (χ0n) is 11.2. The van der Waals surface area contributed by atoms with Crippen LogP contribution in [0, 0.1) is 0 Å². The average molecular weight is 302 g/mol. The number of fused-ring (bicyclic) bond motifs is 2. The topological polar surface area (TPSA) is 56.0 Å². The molecule has 6 heteroatoms. The van der Waals surface area contributed by atoms with E-state index >= 15 is 0 Å². The Morgan fingerprint density at radius 1 is 1.29 bits per heavy atom. The van der Waals surface area contributed by atoms with Crippen molar-refractivity contribution in [2.75, 3.05) is 13.2 Å². The summed E-state index contributed by atoms with van der Waals surface area (Å²) < 4.78 is 13.0. The fraction of sp³-hybridized carbons (Fsp3) is 0.267. The molecule has 3 aromatic rings. The van der Waals surface area contributed by atoms with Crippen molar-refractivity contribution in [3.8, 4) is 11.5 Å². The quantitative estimate of drug-likeness (QED) is 0.807. The molecule has 1 aliphatic heterocycles. The number of imidazole rings is 1. The SMILES string of the molecule is OC(Cc1cn2ccsc2n1)c1ccc2c(c1)OCCO2. The van der Waals surface area contributed by atoms with Crippen LogP contribution in [0.5, 0.6) is 11.5 Å². The molecule has 0 aliphatic carbocycles. The molecule has 0 saturated heterocycles. The molecule has 0 saturated carbocycles. The second-order valence-electron chi connectivity index (χ2n) is 4.95. The number of rotatable bonds is 3. The predicted molar refractivity (Wildman–Crippen MR) is 79.2 cm³/mol. The van der Waals surface area contributed by atoms with E-state index in [-0.39, 0.29) is 0 Å². The van der Waals surface area contributed by atoms with Crippen molar-refractivity contribution in [2.24, 2.45) is 0 Å². The smallest absolute Gasteiger partial charge is 0.193 e. The summed E-state index contributed by atoms with van der Waals surface area (Å²) in [7, 11) is 0. The lowest BCUT2D eigenvalue weighted by Crippen LogP contribution is -2.15. The summed E-state index contributed by atoms with van der Waals surface area (Å²) >= 11 is 1.58. The lowest BCUT2D eigenvalue weighted by atomic mass is 10.0. The number of hydrogen-bond acceptors (Lipinski definition) is 5. The van der Waals surface area contributed by atoms with Gasteiger partial charge in [-0.05, 0) is 17.7 Å². The Hall–Kier alpha value is -2.05. The highest BCUT2D eigenvalue weighted by Crippen LogP contribution is 2.33. The molecule has 0 amide bonds. The van der Waals surface area contributed by atoms with E-state index in [1.54, 1.807) is 11.3 Å². The van der Waals surface area contributed by atoms with E-state index in [1.165, 1.54) is 0 Å². The Bertz CT molecular complexity index is 752. The fourth-order valence-electron chi connectivity index (χ4n) is 2.46. The molecule has 0 bridgehead atoms. The molecular formula is C15H14N2O3S. The van der Waals surface area contributed by atoms with E-state index in [0.29, 0.717) is 25.4 Å². The summed E-state index contributed by atoms with van der Waals surface area (Å²) in [5.74, 6) is 1.43. The highest BCUT2D eigenvalue weighted by atomic mass is 32.1. The minimum Gasteiger partial charge on any atom is -0.486 e. The van der Waals surface area contributed by atoms with Crippen molar-refractivity contribution >= 4 is 16.3 Å². The van der Waals surface area contributed by atoms with E-state index in [4.69, 9.17) is 9.47 Å². The molecule has 1 N–H and O–H groups in total. The Kier molecular flexibility index (Phi) is 3.05. The molecule has 1 atom stereocenters. The highest BCUT2D eigenvalue weighted by molar-refractivity contribution is 7.15. The fourth-order valence-corrected chi connectivity index (χ4v) is 3.18. The number of aromatic nitrogens is 2. The van der Waals surface area contributed by atoms with E-state index in [0.717, 1.165) is 22.0 Å². The summed E-state index contributed by atoms with van der Waals surface area (Å²) in [5, 5.41) is 12.4. The molecular weight excluding hydrogens is 288 g/mol. The minimum absolute atomic E-state index is 0.480. The Balaban J connectivity index is 1.56. The summed E-state index contributed by atoms with van der Waals surface area (Å²) in [6, 6.07) is 5.56. The molecule has 108 valence electrons. The third-order valence-corrected chi connectivity index (χ3v) is 4.27. The molecule has 1 aliphatic rings. The molecule has 0 spiro atoms. The van der Waals surface area contributed by atoms with Gasteiger partial charge in [-0.15, -0.1) is 11.3 Å². The van der Waals surface area contributed by atoms with Crippen molar-refractivity contribution in [1.29, 1.82) is 0 Å². The van der Waals surface area contributed by atoms with Crippen molar-refractivity contribution in [2.45, 2.75) is 12.5 Å². The van der Waals surface area contributed by atoms with Crippen LogP contribution < -0.4 is 9.47 Å². The number of benzene rings is 1. The lowest BCUT2D eigenvalue weighted by Gasteiger charge is -2.20. The normalized spacial score (nSPS) is 15.3. The molecule has 0 fully saturated rings. The van der Waals surface area contributed by atoms with Crippen LogP contribution in [0.3, 0.4) is 0 Å². The zero-order chi connectivity index (χ0) is 14.2. The number of thiazole rings is 1. The first-order chi connectivity index (χ1) is 10.3. The monoisotopic (exact) mass is 302 g/mol. The number of nitrogens with zero attached hydrogens (tertiary/aromatic N) is 2. The van der Waals surface area contributed by atoms with Crippen molar-refractivity contribution in [3.05, 3.63) is 47.2 Å². The van der Waals surface area contributed by atoms with Gasteiger partial charge in [-0.2, -0.15) is 0 Å². The minimum atomic E-state index is -0.606. The van der Waals surface area contributed by atoms with Gasteiger partial charge in [0.1, 0.15) is 13.2 Å². The van der Waals surface area contributed by atoms with Crippen LogP contribution >= 0.6 is 11.3 Å². The molecule has 0 radical (unpaired) electrons. The Labute approximate surface area is 125 Å². The first kappa shape index (κ1) is 12.7. The van der Waals surface area contributed by atoms with Gasteiger partial charge in [-0.1, -0.05) is 6.07 Å². The maximum Gasteiger partial charge on any atom is 0.193 e. The predicted octanol–water partition coefficient (Wildman–Crippen LogP) is 2.44. The molecule has 3 heterocycles. The number of aliphatic hydroxyl groups excluding tert-OH is 1. The summed E-state index contributed by atoms with van der Waals surface area (Å²) in [5.41, 5.74) is 1.69. The van der Waals surface area contributed by atoms with E-state index in [1.807, 2.05) is 40.4 Å². The average Bonchev–Trinajstić information content (AvgIpc) is 3.08. The van der Waals surface area contributed by atoms with Gasteiger partial charge in [0.05, 0.1) is 11.8 Å². The molecule has 4 rings (SSSR count). The maximum atomic E-state index is 10.4. The zero-order valence-corrected chi connectivity index (χ0v) is 12.0. The van der Waals surface area contributed by atoms with Gasteiger partial charge >= 0.3 is 0 Å². The summed E-state index contributed by atoms with van der Waals surface area (Å²) in [4.78, 5) is 5.44. The van der Waals surface area contributed by atoms with E-state index in [2.05, 4.69) is 4.98 Å². The number of hydrogen-bond donors (Lipinski definition) is 1. The highest BCUT2D eigenvalue weighted by Gasteiger charge is 2.17. The van der Waals surface area contributed by atoms with Gasteiger partial charge in [-0.3, -0.25) is 4.40 Å². The third-order valence-electron chi connectivity index (χ3n) is 3.50. The van der Waals surface area contributed by atoms with Crippen molar-refractivity contribution in [3.63, 3.8) is 0 Å². The Morgan fingerprint density at radius 3 is 3.00 bits per heavy atom. The van der Waals surface area contributed by atoms with Crippen LogP contribution in [-0.4, -0.2) is 27.7 Å². The lowest BCUT2D eigenvalue weighted by molar-refractivity contribution is 0.164. The van der Waals surface area contributed by atoms with Crippen molar-refractivity contribution < 1.29 is 14.6 Å². The second-order valence-corrected chi connectivity index (χ2v) is 5.82. The van der Waals surface area contributed by atoms with Gasteiger partial charge in [-0.25, -0.2) is 4.98 Å². The first-order valence-electron chi connectivity index (χ1n) is 6.78. The first-order valence-corrected chi connectivity index (χ1v) is 7.66. The second kappa shape index (κ2) is 5.05. The standard InChI is InChI=1S/C15H14N2O3S/c18-12(8-11-9-17-3-6-21-15(17)16-11)10-1-2-13-14(7-10)20-5-4-19-13/h1-3,6-7,9,12,18H,4-5,8H2. The van der Waals surface area contributed by atoms with Crippen LogP contribution in [0.25, 0.3) is 4.96 Å². The number of aliphatic hydroxyl groups is 1. The van der Waals surface area contributed by atoms with Crippen LogP contribution in [0.2, 0.25) is 0 Å². The van der Waals surface area contributed by atoms with Crippen LogP contribution in [0.4, 0.5) is 0 Å². The molecule has 21 heavy (non-hydrogen) atoms. The molecule has 1 unspecified atom stereocenters. The Morgan fingerprint density at radius 2 is 2.14 bits per heavy atom. The van der Waals surface area contributed by atoms with Gasteiger partial charge in [0, 0.05) is 24.2 Å². The van der Waals surface area contributed by atoms with Gasteiger partial charge < -0.3 is 14.6 Å². The van der Waals surface area contributed by atoms with E-state index < -0.39 is 6.10 Å². The van der Waals surface area contributed by atoms with Gasteiger partial charge in [0.2, 0.25) is 0 Å². The van der Waals surface area contributed by atoms with Gasteiger partial charge in [0.25, 0.3) is 0 Å². The van der Waals surface area contributed by atoms with Crippen molar-refractivity contribution in [1.82, 2.24) is 9.38 Å². The maximum absolute atomic E-state index is 10.4. The molecule has 5 nitrogen and oxygen atoms in total. The largest absolute Gasteiger partial charge is 0.486 e. The van der Waals surface area contributed by atoms with Crippen LogP contribution in [0.15, 0.2) is 36.0 Å². The van der Waals surface area contributed by atoms with Gasteiger partial charge in [0.15, 0.2) is 16.5 Å².